The van der Waals surface area contributed by atoms with Gasteiger partial charge in [0.05, 0.1) is 7.11 Å². The largest absolute Gasteiger partial charge is 0.493 e. The molecule has 5 aromatic rings. The van der Waals surface area contributed by atoms with Crippen molar-refractivity contribution < 1.29 is 18.7 Å². The van der Waals surface area contributed by atoms with E-state index >= 15 is 0 Å². The van der Waals surface area contributed by atoms with Crippen LogP contribution in [-0.4, -0.2) is 28.9 Å². The molecule has 1 heterocycles. The molecule has 5 rings (SSSR count). The highest BCUT2D eigenvalue weighted by Crippen LogP contribution is 2.33. The van der Waals surface area contributed by atoms with Crippen molar-refractivity contribution in [1.82, 2.24) is 14.7 Å². The van der Waals surface area contributed by atoms with Gasteiger partial charge in [-0.1, -0.05) is 72.8 Å². The molecule has 0 fully saturated rings. The van der Waals surface area contributed by atoms with Crippen LogP contribution in [0.5, 0.6) is 16.7 Å². The summed E-state index contributed by atoms with van der Waals surface area (Å²) in [5.41, 5.74) is 3.79. The number of methoxy groups -OCH3 is 1. The minimum atomic E-state index is -0.285. The highest BCUT2D eigenvalue weighted by molar-refractivity contribution is 7.07. The van der Waals surface area contributed by atoms with E-state index < -0.39 is 0 Å². The van der Waals surface area contributed by atoms with E-state index in [0.29, 0.717) is 41.0 Å². The lowest BCUT2D eigenvalue weighted by Gasteiger charge is -2.18. The number of hydrogen-bond donors (Lipinski definition) is 1. The Hall–Kier alpha value is -4.56. The van der Waals surface area contributed by atoms with Gasteiger partial charge < -0.3 is 14.8 Å². The SMILES string of the molecule is COc1cc(C(=O)NCCC(c2ccccc2)c2ccccc2)ccc1Oc1nc(Cc2ccc(F)cc2)ns1. The van der Waals surface area contributed by atoms with Crippen molar-refractivity contribution in [2.75, 3.05) is 13.7 Å². The van der Waals surface area contributed by atoms with Gasteiger partial charge in [0.2, 0.25) is 0 Å². The number of rotatable bonds is 11. The van der Waals surface area contributed by atoms with E-state index in [1.165, 1.54) is 30.4 Å². The molecule has 202 valence electrons. The summed E-state index contributed by atoms with van der Waals surface area (Å²) in [4.78, 5) is 17.4. The third-order valence-electron chi connectivity index (χ3n) is 6.47. The summed E-state index contributed by atoms with van der Waals surface area (Å²) in [6, 6.07) is 31.9. The molecule has 0 aliphatic carbocycles. The monoisotopic (exact) mass is 553 g/mol. The number of benzene rings is 4. The smallest absolute Gasteiger partial charge is 0.298 e. The molecule has 4 aromatic carbocycles. The Bertz CT molecular complexity index is 1500. The second-order valence-electron chi connectivity index (χ2n) is 9.17. The number of nitrogens with one attached hydrogen (secondary N) is 1. The first-order chi connectivity index (χ1) is 19.6. The first kappa shape index (κ1) is 27.0. The third kappa shape index (κ3) is 6.90. The molecular formula is C32H28FN3O3S. The van der Waals surface area contributed by atoms with Crippen LogP contribution in [0, 0.1) is 5.82 Å². The van der Waals surface area contributed by atoms with Crippen LogP contribution in [0.4, 0.5) is 4.39 Å². The number of ether oxygens (including phenoxy) is 2. The maximum atomic E-state index is 13.2. The van der Waals surface area contributed by atoms with Gasteiger partial charge in [-0.15, -0.1) is 0 Å². The Morgan fingerprint density at radius 2 is 1.57 bits per heavy atom. The van der Waals surface area contributed by atoms with Gasteiger partial charge in [-0.2, -0.15) is 9.36 Å². The molecule has 1 aromatic heterocycles. The zero-order chi connectivity index (χ0) is 27.7. The molecule has 0 atom stereocenters. The number of nitrogens with zero attached hydrogens (tertiary/aromatic N) is 2. The summed E-state index contributed by atoms with van der Waals surface area (Å²) in [6.07, 6.45) is 1.22. The van der Waals surface area contributed by atoms with E-state index in [0.717, 1.165) is 23.5 Å². The summed E-state index contributed by atoms with van der Waals surface area (Å²) < 4.78 is 28.9. The van der Waals surface area contributed by atoms with Crippen LogP contribution >= 0.6 is 11.5 Å². The lowest BCUT2D eigenvalue weighted by atomic mass is 9.88. The average molecular weight is 554 g/mol. The van der Waals surface area contributed by atoms with Crippen LogP contribution in [0.3, 0.4) is 0 Å². The summed E-state index contributed by atoms with van der Waals surface area (Å²) in [5, 5.41) is 3.39. The minimum Gasteiger partial charge on any atom is -0.493 e. The molecule has 40 heavy (non-hydrogen) atoms. The van der Waals surface area contributed by atoms with Crippen LogP contribution in [0.15, 0.2) is 103 Å². The molecule has 0 bridgehead atoms. The van der Waals surface area contributed by atoms with Gasteiger partial charge in [0.1, 0.15) is 5.82 Å². The molecule has 0 radical (unpaired) electrons. The fourth-order valence-corrected chi connectivity index (χ4v) is 5.01. The van der Waals surface area contributed by atoms with Gasteiger partial charge in [0.15, 0.2) is 17.3 Å². The number of carbonyl (C=O) groups excluding carboxylic acids is 1. The quantitative estimate of drug-likeness (QED) is 0.190. The molecule has 8 heteroatoms. The van der Waals surface area contributed by atoms with E-state index in [1.807, 2.05) is 36.4 Å². The molecule has 0 saturated heterocycles. The van der Waals surface area contributed by atoms with Crippen LogP contribution in [0.25, 0.3) is 0 Å². The van der Waals surface area contributed by atoms with E-state index in [2.05, 4.69) is 38.9 Å². The van der Waals surface area contributed by atoms with Crippen molar-refractivity contribution in [2.45, 2.75) is 18.8 Å². The van der Waals surface area contributed by atoms with E-state index in [-0.39, 0.29) is 17.6 Å². The number of aromatic nitrogens is 2. The molecule has 1 amide bonds. The summed E-state index contributed by atoms with van der Waals surface area (Å²) in [5.74, 6) is 1.11. The maximum absolute atomic E-state index is 13.2. The molecule has 0 unspecified atom stereocenters. The molecule has 6 nitrogen and oxygen atoms in total. The van der Waals surface area contributed by atoms with Crippen LogP contribution in [-0.2, 0) is 6.42 Å². The van der Waals surface area contributed by atoms with Crippen molar-refractivity contribution in [3.8, 4) is 16.7 Å². The highest BCUT2D eigenvalue weighted by atomic mass is 32.1. The molecule has 0 saturated carbocycles. The molecule has 1 N–H and O–H groups in total. The zero-order valence-corrected chi connectivity index (χ0v) is 22.7. The fourth-order valence-electron chi connectivity index (χ4n) is 4.45. The number of carbonyl (C=O) groups is 1. The van der Waals surface area contributed by atoms with Crippen LogP contribution in [0.2, 0.25) is 0 Å². The van der Waals surface area contributed by atoms with Crippen LogP contribution in [0.1, 0.15) is 45.2 Å². The predicted octanol–water partition coefficient (Wildman–Crippen LogP) is 7.02. The van der Waals surface area contributed by atoms with Gasteiger partial charge in [0.25, 0.3) is 11.1 Å². The Morgan fingerprint density at radius 1 is 0.900 bits per heavy atom. The normalized spacial score (nSPS) is 10.9. The minimum absolute atomic E-state index is 0.174. The van der Waals surface area contributed by atoms with Gasteiger partial charge >= 0.3 is 0 Å². The highest BCUT2D eigenvalue weighted by Gasteiger charge is 2.17. The maximum Gasteiger partial charge on any atom is 0.298 e. The number of hydrogen-bond acceptors (Lipinski definition) is 6. The van der Waals surface area contributed by atoms with Crippen molar-refractivity contribution in [2.24, 2.45) is 0 Å². The third-order valence-corrected chi connectivity index (χ3v) is 7.10. The predicted molar refractivity (Wildman–Crippen MR) is 154 cm³/mol. The number of amides is 1. The van der Waals surface area contributed by atoms with Crippen molar-refractivity contribution in [1.29, 1.82) is 0 Å². The fraction of sp³-hybridized carbons (Fsp3) is 0.156. The Labute approximate surface area is 236 Å². The molecule has 0 spiro atoms. The Balaban J connectivity index is 1.21. The summed E-state index contributed by atoms with van der Waals surface area (Å²) in [6.45, 7) is 0.509. The Morgan fingerprint density at radius 3 is 2.23 bits per heavy atom. The van der Waals surface area contributed by atoms with Crippen molar-refractivity contribution in [3.05, 3.63) is 137 Å². The van der Waals surface area contributed by atoms with Gasteiger partial charge in [-0.05, 0) is 53.4 Å². The van der Waals surface area contributed by atoms with E-state index in [4.69, 9.17) is 9.47 Å². The summed E-state index contributed by atoms with van der Waals surface area (Å²) >= 11 is 1.11. The van der Waals surface area contributed by atoms with Gasteiger partial charge in [0, 0.05) is 36.0 Å². The molecule has 0 aliphatic heterocycles. The van der Waals surface area contributed by atoms with Gasteiger partial charge in [-0.25, -0.2) is 4.39 Å². The summed E-state index contributed by atoms with van der Waals surface area (Å²) in [7, 11) is 1.52. The molecule has 0 aliphatic rings. The van der Waals surface area contributed by atoms with E-state index in [1.54, 1.807) is 30.3 Å². The lowest BCUT2D eigenvalue weighted by Crippen LogP contribution is -2.25. The lowest BCUT2D eigenvalue weighted by molar-refractivity contribution is 0.0952. The second kappa shape index (κ2) is 13.0. The van der Waals surface area contributed by atoms with Gasteiger partial charge in [-0.3, -0.25) is 4.79 Å². The van der Waals surface area contributed by atoms with Crippen molar-refractivity contribution in [3.63, 3.8) is 0 Å². The standard InChI is InChI=1S/C32H28FN3O3S/c1-38-29-21-25(14-17-28(29)39-32-35-30(36-40-32)20-22-12-15-26(33)16-13-22)31(37)34-19-18-27(23-8-4-2-5-9-23)24-10-6-3-7-11-24/h2-17,21,27H,18-20H2,1H3,(H,34,37). The van der Waals surface area contributed by atoms with Crippen molar-refractivity contribution >= 4 is 17.4 Å². The topological polar surface area (TPSA) is 73.3 Å². The van der Waals surface area contributed by atoms with Crippen LogP contribution < -0.4 is 14.8 Å². The first-order valence-corrected chi connectivity index (χ1v) is 13.7. The van der Waals surface area contributed by atoms with E-state index in [9.17, 15) is 9.18 Å². The second-order valence-corrected chi connectivity index (χ2v) is 9.88. The zero-order valence-electron chi connectivity index (χ0n) is 21.9. The average Bonchev–Trinajstić information content (AvgIpc) is 3.44. The molecular weight excluding hydrogens is 525 g/mol. The number of halogens is 1. The first-order valence-electron chi connectivity index (χ1n) is 12.9. The Kier molecular flexibility index (Phi) is 8.78.